The molecular formula is C14H10N2O4. The van der Waals surface area contributed by atoms with E-state index in [-0.39, 0.29) is 45.1 Å². The summed E-state index contributed by atoms with van der Waals surface area (Å²) in [5.74, 6) is -1.74. The molecule has 3 rings (SSSR count). The molecule has 0 saturated heterocycles. The highest BCUT2D eigenvalue weighted by Crippen LogP contribution is 2.39. The number of hydrogen-bond donors (Lipinski definition) is 4. The number of phenols is 2. The Bertz CT molecular complexity index is 792. The van der Waals surface area contributed by atoms with Gasteiger partial charge in [0.25, 0.3) is 0 Å². The molecule has 6 heteroatoms. The SMILES string of the molecule is Nc1ccc(O)c2c1C(=O)c1c(ccc(O)c1N)C2=O. The van der Waals surface area contributed by atoms with E-state index in [9.17, 15) is 19.8 Å². The smallest absolute Gasteiger partial charge is 0.198 e. The summed E-state index contributed by atoms with van der Waals surface area (Å²) in [4.78, 5) is 24.9. The van der Waals surface area contributed by atoms with Crippen LogP contribution in [0.2, 0.25) is 0 Å². The van der Waals surface area contributed by atoms with E-state index in [2.05, 4.69) is 0 Å². The van der Waals surface area contributed by atoms with Crippen molar-refractivity contribution in [2.75, 3.05) is 11.5 Å². The quantitative estimate of drug-likeness (QED) is 0.274. The van der Waals surface area contributed by atoms with Crippen LogP contribution in [0.25, 0.3) is 0 Å². The van der Waals surface area contributed by atoms with E-state index in [4.69, 9.17) is 11.5 Å². The number of rotatable bonds is 0. The molecular weight excluding hydrogens is 260 g/mol. The van der Waals surface area contributed by atoms with Crippen molar-refractivity contribution in [3.05, 3.63) is 46.5 Å². The van der Waals surface area contributed by atoms with E-state index < -0.39 is 11.6 Å². The molecule has 0 aliphatic heterocycles. The molecule has 0 amide bonds. The highest BCUT2D eigenvalue weighted by molar-refractivity contribution is 6.32. The second kappa shape index (κ2) is 3.74. The summed E-state index contributed by atoms with van der Waals surface area (Å²) in [5, 5.41) is 19.4. The van der Waals surface area contributed by atoms with Gasteiger partial charge in [0.05, 0.1) is 22.4 Å². The fourth-order valence-corrected chi connectivity index (χ4v) is 2.38. The summed E-state index contributed by atoms with van der Waals surface area (Å²) in [5.41, 5.74) is 11.0. The van der Waals surface area contributed by atoms with Gasteiger partial charge in [0.15, 0.2) is 11.6 Å². The number of nitrogen functional groups attached to an aromatic ring is 2. The van der Waals surface area contributed by atoms with Crippen LogP contribution in [0.15, 0.2) is 24.3 Å². The van der Waals surface area contributed by atoms with Gasteiger partial charge in [-0.15, -0.1) is 0 Å². The van der Waals surface area contributed by atoms with Crippen LogP contribution in [0.3, 0.4) is 0 Å². The molecule has 0 fully saturated rings. The van der Waals surface area contributed by atoms with Crippen LogP contribution in [0.4, 0.5) is 11.4 Å². The summed E-state index contributed by atoms with van der Waals surface area (Å²) >= 11 is 0. The first-order chi connectivity index (χ1) is 9.43. The van der Waals surface area contributed by atoms with Gasteiger partial charge < -0.3 is 21.7 Å². The van der Waals surface area contributed by atoms with Crippen molar-refractivity contribution in [3.63, 3.8) is 0 Å². The minimum atomic E-state index is -0.587. The number of fused-ring (bicyclic) bond motifs is 2. The second-order valence-corrected chi connectivity index (χ2v) is 4.50. The predicted molar refractivity (Wildman–Crippen MR) is 71.9 cm³/mol. The Hall–Kier alpha value is -3.02. The van der Waals surface area contributed by atoms with E-state index in [1.807, 2.05) is 0 Å². The number of phenolic OH excluding ortho intramolecular Hbond substituents is 2. The lowest BCUT2D eigenvalue weighted by Gasteiger charge is -2.21. The summed E-state index contributed by atoms with van der Waals surface area (Å²) in [6.45, 7) is 0. The van der Waals surface area contributed by atoms with Gasteiger partial charge in [0, 0.05) is 11.3 Å². The number of ketones is 2. The standard InChI is InChI=1S/C14H10N2O4/c15-6-2-4-7(17)11-10(6)14(20)9-5(13(11)19)1-3-8(18)12(9)16/h1-4,17-18H,15-16H2. The molecule has 0 spiro atoms. The average Bonchev–Trinajstić information content (AvgIpc) is 2.41. The molecule has 0 aromatic heterocycles. The van der Waals surface area contributed by atoms with Gasteiger partial charge in [-0.25, -0.2) is 0 Å². The molecule has 6 N–H and O–H groups in total. The van der Waals surface area contributed by atoms with Crippen LogP contribution in [-0.2, 0) is 0 Å². The van der Waals surface area contributed by atoms with Crippen LogP contribution < -0.4 is 11.5 Å². The van der Waals surface area contributed by atoms with Crippen LogP contribution in [0, 0.1) is 0 Å². The Morgan fingerprint density at radius 2 is 1.40 bits per heavy atom. The Morgan fingerprint density at radius 3 is 2.10 bits per heavy atom. The monoisotopic (exact) mass is 270 g/mol. The zero-order chi connectivity index (χ0) is 14.6. The van der Waals surface area contributed by atoms with Crippen molar-refractivity contribution >= 4 is 22.9 Å². The van der Waals surface area contributed by atoms with Gasteiger partial charge in [-0.3, -0.25) is 9.59 Å². The molecule has 2 aromatic carbocycles. The van der Waals surface area contributed by atoms with E-state index in [1.165, 1.54) is 24.3 Å². The Labute approximate surface area is 113 Å². The van der Waals surface area contributed by atoms with Crippen molar-refractivity contribution < 1.29 is 19.8 Å². The molecule has 0 atom stereocenters. The van der Waals surface area contributed by atoms with E-state index in [0.717, 1.165) is 0 Å². The zero-order valence-electron chi connectivity index (χ0n) is 10.2. The normalized spacial score (nSPS) is 13.0. The number of nitrogens with two attached hydrogens (primary N) is 2. The Morgan fingerprint density at radius 1 is 0.750 bits per heavy atom. The van der Waals surface area contributed by atoms with Crippen LogP contribution in [0.1, 0.15) is 31.8 Å². The second-order valence-electron chi connectivity index (χ2n) is 4.50. The third-order valence-electron chi connectivity index (χ3n) is 3.36. The van der Waals surface area contributed by atoms with Crippen molar-refractivity contribution in [2.45, 2.75) is 0 Å². The van der Waals surface area contributed by atoms with Crippen molar-refractivity contribution in [1.29, 1.82) is 0 Å². The first-order valence-corrected chi connectivity index (χ1v) is 5.75. The summed E-state index contributed by atoms with van der Waals surface area (Å²) < 4.78 is 0. The minimum Gasteiger partial charge on any atom is -0.507 e. The molecule has 0 bridgehead atoms. The molecule has 6 nitrogen and oxygen atoms in total. The van der Waals surface area contributed by atoms with E-state index in [1.54, 1.807) is 0 Å². The third kappa shape index (κ3) is 1.33. The summed E-state index contributed by atoms with van der Waals surface area (Å²) in [6.07, 6.45) is 0. The number of hydrogen-bond acceptors (Lipinski definition) is 6. The predicted octanol–water partition coefficient (Wildman–Crippen LogP) is 1.04. The summed E-state index contributed by atoms with van der Waals surface area (Å²) in [6, 6.07) is 5.12. The number of carbonyl (C=O) groups is 2. The largest absolute Gasteiger partial charge is 0.507 e. The molecule has 20 heavy (non-hydrogen) atoms. The number of carbonyl (C=O) groups excluding carboxylic acids is 2. The van der Waals surface area contributed by atoms with E-state index in [0.29, 0.717) is 0 Å². The van der Waals surface area contributed by atoms with Gasteiger partial charge in [0.2, 0.25) is 0 Å². The highest BCUT2D eigenvalue weighted by Gasteiger charge is 2.35. The molecule has 1 aliphatic rings. The zero-order valence-corrected chi connectivity index (χ0v) is 10.2. The van der Waals surface area contributed by atoms with Gasteiger partial charge in [-0.05, 0) is 24.3 Å². The van der Waals surface area contributed by atoms with Crippen molar-refractivity contribution in [2.24, 2.45) is 0 Å². The van der Waals surface area contributed by atoms with Gasteiger partial charge in [-0.2, -0.15) is 0 Å². The van der Waals surface area contributed by atoms with Crippen LogP contribution >= 0.6 is 0 Å². The average molecular weight is 270 g/mol. The number of anilines is 2. The molecule has 0 radical (unpaired) electrons. The molecule has 1 aliphatic carbocycles. The van der Waals surface area contributed by atoms with Crippen LogP contribution in [0.5, 0.6) is 11.5 Å². The summed E-state index contributed by atoms with van der Waals surface area (Å²) in [7, 11) is 0. The van der Waals surface area contributed by atoms with Gasteiger partial charge in [0.1, 0.15) is 11.5 Å². The lowest BCUT2D eigenvalue weighted by molar-refractivity contribution is 0.0977. The third-order valence-corrected chi connectivity index (χ3v) is 3.36. The van der Waals surface area contributed by atoms with Crippen molar-refractivity contribution in [3.8, 4) is 11.5 Å². The first-order valence-electron chi connectivity index (χ1n) is 5.75. The molecule has 100 valence electrons. The fourth-order valence-electron chi connectivity index (χ4n) is 2.38. The molecule has 0 saturated carbocycles. The molecule has 0 unspecified atom stereocenters. The number of aromatic hydroxyl groups is 2. The topological polar surface area (TPSA) is 127 Å². The Balaban J connectivity index is 2.43. The lowest BCUT2D eigenvalue weighted by atomic mass is 9.82. The van der Waals surface area contributed by atoms with Gasteiger partial charge in [-0.1, -0.05) is 0 Å². The van der Waals surface area contributed by atoms with Crippen LogP contribution in [-0.4, -0.2) is 21.8 Å². The lowest BCUT2D eigenvalue weighted by Crippen LogP contribution is -2.23. The maximum absolute atomic E-state index is 12.5. The minimum absolute atomic E-state index is 0.0405. The maximum atomic E-state index is 12.5. The van der Waals surface area contributed by atoms with Crippen molar-refractivity contribution in [1.82, 2.24) is 0 Å². The molecule has 2 aromatic rings. The van der Waals surface area contributed by atoms with Gasteiger partial charge >= 0.3 is 0 Å². The maximum Gasteiger partial charge on any atom is 0.198 e. The first kappa shape index (κ1) is 12.0. The molecule has 0 heterocycles. The Kier molecular flexibility index (Phi) is 2.25. The highest BCUT2D eigenvalue weighted by atomic mass is 16.3. The van der Waals surface area contributed by atoms with E-state index >= 15 is 0 Å². The number of benzene rings is 2. The fraction of sp³-hybridized carbons (Fsp3) is 0.